The Balaban J connectivity index is 2.68. The summed E-state index contributed by atoms with van der Waals surface area (Å²) < 4.78 is 0. The lowest BCUT2D eigenvalue weighted by atomic mass is 10.2. The van der Waals surface area contributed by atoms with Crippen molar-refractivity contribution in [3.05, 3.63) is 29.8 Å². The third-order valence-corrected chi connectivity index (χ3v) is 3.60. The molecule has 0 unspecified atom stereocenters. The average Bonchev–Trinajstić information content (AvgIpc) is 2.15. The summed E-state index contributed by atoms with van der Waals surface area (Å²) >= 11 is 3.57. The molecule has 1 nitrogen and oxygen atoms in total. The van der Waals surface area contributed by atoms with Crippen LogP contribution in [0.5, 0.6) is 0 Å². The second-order valence-electron chi connectivity index (χ2n) is 2.32. The molecule has 3 heteroatoms. The van der Waals surface area contributed by atoms with Crippen LogP contribution in [0.3, 0.4) is 0 Å². The van der Waals surface area contributed by atoms with Gasteiger partial charge in [-0.1, -0.05) is 18.2 Å². The van der Waals surface area contributed by atoms with Crippen LogP contribution in [0.1, 0.15) is 5.56 Å². The Labute approximate surface area is 81.6 Å². The molecule has 0 aliphatic heterocycles. The predicted molar refractivity (Wildman–Crippen MR) is 56.6 cm³/mol. The van der Waals surface area contributed by atoms with E-state index in [1.54, 1.807) is 23.5 Å². The Bertz CT molecular complexity index is 238. The maximum absolute atomic E-state index is 9.00. The summed E-state index contributed by atoms with van der Waals surface area (Å²) in [4.78, 5) is 1.19. The average molecular weight is 200 g/mol. The zero-order chi connectivity index (χ0) is 8.81. The van der Waals surface area contributed by atoms with Crippen LogP contribution < -0.4 is 0 Å². The van der Waals surface area contributed by atoms with E-state index >= 15 is 0 Å². The van der Waals surface area contributed by atoms with Crippen molar-refractivity contribution in [2.24, 2.45) is 0 Å². The Morgan fingerprint density at radius 1 is 1.33 bits per heavy atom. The highest BCUT2D eigenvalue weighted by Gasteiger charge is 1.99. The highest BCUT2D eigenvalue weighted by Crippen LogP contribution is 2.24. The highest BCUT2D eigenvalue weighted by atomic mass is 32.2. The van der Waals surface area contributed by atoms with Gasteiger partial charge in [0.15, 0.2) is 0 Å². The maximum Gasteiger partial charge on any atom is 0.0692 e. The SMILES string of the molecule is CSCSc1ccccc1CO. The molecule has 0 fully saturated rings. The molecule has 66 valence electrons. The van der Waals surface area contributed by atoms with Gasteiger partial charge in [0.25, 0.3) is 0 Å². The van der Waals surface area contributed by atoms with E-state index in [0.717, 1.165) is 10.6 Å². The van der Waals surface area contributed by atoms with Crippen molar-refractivity contribution in [2.75, 3.05) is 11.3 Å². The van der Waals surface area contributed by atoms with Gasteiger partial charge in [-0.2, -0.15) is 11.8 Å². The van der Waals surface area contributed by atoms with Crippen LogP contribution in [-0.4, -0.2) is 16.4 Å². The Morgan fingerprint density at radius 3 is 2.75 bits per heavy atom. The van der Waals surface area contributed by atoms with Crippen LogP contribution in [0.25, 0.3) is 0 Å². The van der Waals surface area contributed by atoms with Gasteiger partial charge in [-0.25, -0.2) is 0 Å². The van der Waals surface area contributed by atoms with Gasteiger partial charge in [-0.05, 0) is 17.9 Å². The summed E-state index contributed by atoms with van der Waals surface area (Å²) in [5.74, 6) is 0. The monoisotopic (exact) mass is 200 g/mol. The van der Waals surface area contributed by atoms with E-state index in [1.807, 2.05) is 24.3 Å². The molecule has 0 saturated carbocycles. The van der Waals surface area contributed by atoms with Gasteiger partial charge in [0.1, 0.15) is 0 Å². The Hall–Kier alpha value is -0.120. The van der Waals surface area contributed by atoms with Crippen molar-refractivity contribution in [1.82, 2.24) is 0 Å². The molecule has 12 heavy (non-hydrogen) atoms. The number of thioether (sulfide) groups is 2. The van der Waals surface area contributed by atoms with E-state index < -0.39 is 0 Å². The molecule has 0 spiro atoms. The molecule has 0 radical (unpaired) electrons. The summed E-state index contributed by atoms with van der Waals surface area (Å²) in [7, 11) is 0. The molecule has 1 rings (SSSR count). The second-order valence-corrected chi connectivity index (χ2v) is 4.57. The van der Waals surface area contributed by atoms with Crippen molar-refractivity contribution in [3.8, 4) is 0 Å². The Morgan fingerprint density at radius 2 is 2.08 bits per heavy atom. The lowest BCUT2D eigenvalue weighted by Crippen LogP contribution is -1.86. The summed E-state index contributed by atoms with van der Waals surface area (Å²) in [6.07, 6.45) is 2.08. The number of hydrogen-bond donors (Lipinski definition) is 1. The number of aliphatic hydroxyl groups excluding tert-OH is 1. The van der Waals surface area contributed by atoms with Gasteiger partial charge in [-0.15, -0.1) is 11.8 Å². The predicted octanol–water partition coefficient (Wildman–Crippen LogP) is 2.59. The van der Waals surface area contributed by atoms with E-state index in [2.05, 4.69) is 6.26 Å². The second kappa shape index (κ2) is 5.51. The zero-order valence-electron chi connectivity index (χ0n) is 6.99. The van der Waals surface area contributed by atoms with Crippen molar-refractivity contribution >= 4 is 23.5 Å². The first-order valence-corrected chi connectivity index (χ1v) is 6.07. The third-order valence-electron chi connectivity index (χ3n) is 1.48. The minimum Gasteiger partial charge on any atom is -0.392 e. The molecule has 0 aliphatic rings. The molecule has 0 bridgehead atoms. The molecule has 0 saturated heterocycles. The lowest BCUT2D eigenvalue weighted by Gasteiger charge is -2.04. The first-order valence-electron chi connectivity index (χ1n) is 3.69. The molecular formula is C9H12OS2. The molecule has 0 amide bonds. The van der Waals surface area contributed by atoms with E-state index in [-0.39, 0.29) is 6.61 Å². The number of aliphatic hydroxyl groups is 1. The minimum absolute atomic E-state index is 0.136. The zero-order valence-corrected chi connectivity index (χ0v) is 8.62. The van der Waals surface area contributed by atoms with E-state index in [1.165, 1.54) is 4.90 Å². The number of benzene rings is 1. The van der Waals surface area contributed by atoms with Gasteiger partial charge in [0, 0.05) is 9.98 Å². The lowest BCUT2D eigenvalue weighted by molar-refractivity contribution is 0.279. The number of rotatable bonds is 4. The summed E-state index contributed by atoms with van der Waals surface area (Å²) in [6.45, 7) is 0.136. The molecule has 1 N–H and O–H groups in total. The van der Waals surface area contributed by atoms with Crippen LogP contribution in [-0.2, 0) is 6.61 Å². The third kappa shape index (κ3) is 2.73. The molecule has 0 aromatic heterocycles. The van der Waals surface area contributed by atoms with E-state index in [4.69, 9.17) is 5.11 Å². The fraction of sp³-hybridized carbons (Fsp3) is 0.333. The first-order chi connectivity index (χ1) is 5.88. The van der Waals surface area contributed by atoms with Crippen LogP contribution in [0.4, 0.5) is 0 Å². The van der Waals surface area contributed by atoms with Crippen LogP contribution >= 0.6 is 23.5 Å². The molecule has 0 heterocycles. The van der Waals surface area contributed by atoms with Gasteiger partial charge in [0.05, 0.1) is 6.61 Å². The van der Waals surface area contributed by atoms with E-state index in [0.29, 0.717) is 0 Å². The molecule has 0 atom stereocenters. The highest BCUT2D eigenvalue weighted by molar-refractivity contribution is 8.15. The molecule has 1 aromatic carbocycles. The van der Waals surface area contributed by atoms with Gasteiger partial charge < -0.3 is 5.11 Å². The molecular weight excluding hydrogens is 188 g/mol. The summed E-state index contributed by atoms with van der Waals surface area (Å²) in [5, 5.41) is 10.0. The minimum atomic E-state index is 0.136. The fourth-order valence-electron chi connectivity index (χ4n) is 0.898. The van der Waals surface area contributed by atoms with Gasteiger partial charge in [0.2, 0.25) is 0 Å². The topological polar surface area (TPSA) is 20.2 Å². The maximum atomic E-state index is 9.00. The van der Waals surface area contributed by atoms with E-state index in [9.17, 15) is 0 Å². The van der Waals surface area contributed by atoms with Crippen molar-refractivity contribution in [2.45, 2.75) is 11.5 Å². The number of hydrogen-bond acceptors (Lipinski definition) is 3. The summed E-state index contributed by atoms with van der Waals surface area (Å²) in [5.41, 5.74) is 1.02. The van der Waals surface area contributed by atoms with Gasteiger partial charge in [-0.3, -0.25) is 0 Å². The fourth-order valence-corrected chi connectivity index (χ4v) is 2.37. The van der Waals surface area contributed by atoms with Crippen molar-refractivity contribution < 1.29 is 5.11 Å². The smallest absolute Gasteiger partial charge is 0.0692 e. The molecule has 1 aromatic rings. The Kier molecular flexibility index (Phi) is 4.58. The van der Waals surface area contributed by atoms with Crippen LogP contribution in [0.2, 0.25) is 0 Å². The standard InChI is InChI=1S/C9H12OS2/c1-11-7-12-9-5-3-2-4-8(9)6-10/h2-5,10H,6-7H2,1H3. The summed E-state index contributed by atoms with van der Waals surface area (Å²) in [6, 6.07) is 7.96. The largest absolute Gasteiger partial charge is 0.392 e. The first kappa shape index (κ1) is 9.96. The van der Waals surface area contributed by atoms with Crippen LogP contribution in [0, 0.1) is 0 Å². The van der Waals surface area contributed by atoms with Crippen molar-refractivity contribution in [1.29, 1.82) is 0 Å². The molecule has 0 aliphatic carbocycles. The van der Waals surface area contributed by atoms with Gasteiger partial charge >= 0.3 is 0 Å². The van der Waals surface area contributed by atoms with Crippen LogP contribution in [0.15, 0.2) is 29.2 Å². The normalized spacial score (nSPS) is 10.2. The van der Waals surface area contributed by atoms with Crippen molar-refractivity contribution in [3.63, 3.8) is 0 Å². The quantitative estimate of drug-likeness (QED) is 0.596.